The fourth-order valence-electron chi connectivity index (χ4n) is 2.13. The van der Waals surface area contributed by atoms with Gasteiger partial charge in [0.05, 0.1) is 0 Å². The monoisotopic (exact) mass is 288 g/mol. The lowest BCUT2D eigenvalue weighted by Gasteiger charge is -2.26. The summed E-state index contributed by atoms with van der Waals surface area (Å²) in [4.78, 5) is 11.8. The lowest BCUT2D eigenvalue weighted by atomic mass is 10.1. The molecular weight excluding hydrogens is 272 g/mol. The number of aryl methyl sites for hydroxylation is 1. The number of carbonyl (C=O) groups is 1. The average molecular weight is 288 g/mol. The standard InChI is InChI=1S/C15H16N2O4/c1-10-8-14(17-21-10)16-15(18)7-6-11-9-19-12-4-2-3-5-13(12)20-11/h2-5,8,11H,6-7,9H2,1H3,(H,16,17,18). The Kier molecular flexibility index (Phi) is 3.77. The van der Waals surface area contributed by atoms with Crippen molar-refractivity contribution in [3.05, 3.63) is 36.1 Å². The Morgan fingerprint density at radius 3 is 2.95 bits per heavy atom. The quantitative estimate of drug-likeness (QED) is 0.935. The van der Waals surface area contributed by atoms with Crippen LogP contribution in [0.5, 0.6) is 11.5 Å². The minimum absolute atomic E-state index is 0.120. The summed E-state index contributed by atoms with van der Waals surface area (Å²) in [7, 11) is 0. The molecule has 110 valence electrons. The van der Waals surface area contributed by atoms with E-state index in [4.69, 9.17) is 14.0 Å². The second kappa shape index (κ2) is 5.87. The largest absolute Gasteiger partial charge is 0.486 e. The maximum absolute atomic E-state index is 11.8. The molecule has 0 bridgehead atoms. The van der Waals surface area contributed by atoms with Gasteiger partial charge in [0, 0.05) is 12.5 Å². The average Bonchev–Trinajstić information content (AvgIpc) is 2.90. The number of fused-ring (bicyclic) bond motifs is 1. The number of carbonyl (C=O) groups excluding carboxylic acids is 1. The van der Waals surface area contributed by atoms with Crippen molar-refractivity contribution in [2.24, 2.45) is 0 Å². The van der Waals surface area contributed by atoms with Crippen LogP contribution in [0, 0.1) is 6.92 Å². The fourth-order valence-corrected chi connectivity index (χ4v) is 2.13. The van der Waals surface area contributed by atoms with E-state index in [1.165, 1.54) is 0 Å². The highest BCUT2D eigenvalue weighted by atomic mass is 16.6. The zero-order valence-electron chi connectivity index (χ0n) is 11.7. The Balaban J connectivity index is 1.49. The molecule has 1 aliphatic heterocycles. The first-order valence-electron chi connectivity index (χ1n) is 6.82. The highest BCUT2D eigenvalue weighted by Gasteiger charge is 2.21. The van der Waals surface area contributed by atoms with Crippen molar-refractivity contribution in [3.8, 4) is 11.5 Å². The molecule has 0 saturated heterocycles. The number of hydrogen-bond donors (Lipinski definition) is 1. The summed E-state index contributed by atoms with van der Waals surface area (Å²) in [5, 5.41) is 6.40. The van der Waals surface area contributed by atoms with E-state index in [2.05, 4.69) is 10.5 Å². The van der Waals surface area contributed by atoms with Gasteiger partial charge in [0.15, 0.2) is 17.3 Å². The highest BCUT2D eigenvalue weighted by Crippen LogP contribution is 2.31. The Labute approximate surface area is 122 Å². The van der Waals surface area contributed by atoms with E-state index in [1.54, 1.807) is 13.0 Å². The van der Waals surface area contributed by atoms with Crippen molar-refractivity contribution in [2.45, 2.75) is 25.9 Å². The predicted octanol–water partition coefficient (Wildman–Crippen LogP) is 2.54. The molecule has 6 heteroatoms. The van der Waals surface area contributed by atoms with Gasteiger partial charge >= 0.3 is 0 Å². The number of nitrogens with one attached hydrogen (secondary N) is 1. The van der Waals surface area contributed by atoms with E-state index < -0.39 is 0 Å². The highest BCUT2D eigenvalue weighted by molar-refractivity contribution is 5.89. The van der Waals surface area contributed by atoms with E-state index in [9.17, 15) is 4.79 Å². The maximum Gasteiger partial charge on any atom is 0.225 e. The molecule has 1 aliphatic rings. The number of hydrogen-bond acceptors (Lipinski definition) is 5. The van der Waals surface area contributed by atoms with Crippen LogP contribution < -0.4 is 14.8 Å². The molecule has 6 nitrogen and oxygen atoms in total. The Hall–Kier alpha value is -2.50. The number of amides is 1. The third-order valence-electron chi connectivity index (χ3n) is 3.16. The Bertz CT molecular complexity index is 638. The number of benzene rings is 1. The number of aromatic nitrogens is 1. The smallest absolute Gasteiger partial charge is 0.225 e. The minimum atomic E-state index is -0.121. The summed E-state index contributed by atoms with van der Waals surface area (Å²) in [6.45, 7) is 2.22. The van der Waals surface area contributed by atoms with Crippen LogP contribution in [0.4, 0.5) is 5.82 Å². The second-order valence-corrected chi connectivity index (χ2v) is 4.91. The molecule has 3 rings (SSSR count). The van der Waals surface area contributed by atoms with Gasteiger partial charge in [0.25, 0.3) is 0 Å². The molecule has 2 aromatic rings. The number of rotatable bonds is 4. The molecule has 0 aliphatic carbocycles. The summed E-state index contributed by atoms with van der Waals surface area (Å²) in [5.41, 5.74) is 0. The number of nitrogens with zero attached hydrogens (tertiary/aromatic N) is 1. The molecule has 1 atom stereocenters. The van der Waals surface area contributed by atoms with Gasteiger partial charge in [-0.05, 0) is 25.5 Å². The summed E-state index contributed by atoms with van der Waals surface area (Å²) in [5.74, 6) is 2.44. The molecule has 1 N–H and O–H groups in total. The van der Waals surface area contributed by atoms with Gasteiger partial charge in [-0.1, -0.05) is 17.3 Å². The molecule has 0 saturated carbocycles. The number of anilines is 1. The van der Waals surface area contributed by atoms with Gasteiger partial charge < -0.3 is 19.3 Å². The summed E-state index contributed by atoms with van der Waals surface area (Å²) < 4.78 is 16.3. The van der Waals surface area contributed by atoms with Crippen molar-refractivity contribution in [1.29, 1.82) is 0 Å². The Morgan fingerprint density at radius 1 is 1.38 bits per heavy atom. The molecule has 1 aromatic carbocycles. The SMILES string of the molecule is Cc1cc(NC(=O)CCC2COc3ccccc3O2)no1. The van der Waals surface area contributed by atoms with Crippen molar-refractivity contribution >= 4 is 11.7 Å². The van der Waals surface area contributed by atoms with Gasteiger partial charge in [0.2, 0.25) is 5.91 Å². The molecular formula is C15H16N2O4. The first-order chi connectivity index (χ1) is 10.2. The van der Waals surface area contributed by atoms with Gasteiger partial charge in [-0.25, -0.2) is 0 Å². The van der Waals surface area contributed by atoms with E-state index in [0.717, 1.165) is 11.5 Å². The number of ether oxygens (including phenoxy) is 2. The van der Waals surface area contributed by atoms with Gasteiger partial charge in [0.1, 0.15) is 18.5 Å². The van der Waals surface area contributed by atoms with Crippen molar-refractivity contribution < 1.29 is 18.8 Å². The van der Waals surface area contributed by atoms with E-state index in [-0.39, 0.29) is 12.0 Å². The third kappa shape index (κ3) is 3.34. The summed E-state index contributed by atoms with van der Waals surface area (Å²) >= 11 is 0. The van der Waals surface area contributed by atoms with Crippen LogP contribution in [-0.2, 0) is 4.79 Å². The van der Waals surface area contributed by atoms with E-state index in [1.807, 2.05) is 24.3 Å². The van der Waals surface area contributed by atoms with Gasteiger partial charge in [-0.2, -0.15) is 0 Å². The fraction of sp³-hybridized carbons (Fsp3) is 0.333. The first-order valence-corrected chi connectivity index (χ1v) is 6.82. The summed E-state index contributed by atoms with van der Waals surface area (Å²) in [6.07, 6.45) is 0.795. The van der Waals surface area contributed by atoms with Crippen LogP contribution in [0.2, 0.25) is 0 Å². The zero-order valence-corrected chi connectivity index (χ0v) is 11.7. The normalized spacial score (nSPS) is 16.5. The van der Waals surface area contributed by atoms with E-state index in [0.29, 0.717) is 31.0 Å². The lowest BCUT2D eigenvalue weighted by molar-refractivity contribution is -0.116. The topological polar surface area (TPSA) is 73.6 Å². The van der Waals surface area contributed by atoms with Crippen LogP contribution >= 0.6 is 0 Å². The van der Waals surface area contributed by atoms with Crippen LogP contribution in [0.3, 0.4) is 0 Å². The van der Waals surface area contributed by atoms with Crippen LogP contribution in [0.15, 0.2) is 34.9 Å². The summed E-state index contributed by atoms with van der Waals surface area (Å²) in [6, 6.07) is 9.19. The van der Waals surface area contributed by atoms with Crippen LogP contribution in [0.25, 0.3) is 0 Å². The molecule has 0 fully saturated rings. The maximum atomic E-state index is 11.8. The van der Waals surface area contributed by atoms with Crippen molar-refractivity contribution in [3.63, 3.8) is 0 Å². The number of para-hydroxylation sites is 2. The third-order valence-corrected chi connectivity index (χ3v) is 3.16. The molecule has 1 unspecified atom stereocenters. The molecule has 2 heterocycles. The molecule has 0 radical (unpaired) electrons. The lowest BCUT2D eigenvalue weighted by Crippen LogP contribution is -2.30. The van der Waals surface area contributed by atoms with Gasteiger partial charge in [-0.3, -0.25) is 4.79 Å². The van der Waals surface area contributed by atoms with Crippen LogP contribution in [0.1, 0.15) is 18.6 Å². The van der Waals surface area contributed by atoms with Gasteiger partial charge in [-0.15, -0.1) is 0 Å². The molecule has 0 spiro atoms. The zero-order chi connectivity index (χ0) is 14.7. The van der Waals surface area contributed by atoms with Crippen LogP contribution in [-0.4, -0.2) is 23.8 Å². The first kappa shape index (κ1) is 13.5. The van der Waals surface area contributed by atoms with Crippen molar-refractivity contribution in [1.82, 2.24) is 5.16 Å². The van der Waals surface area contributed by atoms with E-state index >= 15 is 0 Å². The minimum Gasteiger partial charge on any atom is -0.486 e. The predicted molar refractivity (Wildman–Crippen MR) is 75.5 cm³/mol. The molecule has 21 heavy (non-hydrogen) atoms. The molecule has 1 aromatic heterocycles. The second-order valence-electron chi connectivity index (χ2n) is 4.91. The molecule has 1 amide bonds. The van der Waals surface area contributed by atoms with Crippen molar-refractivity contribution in [2.75, 3.05) is 11.9 Å². The Morgan fingerprint density at radius 2 is 2.19 bits per heavy atom.